The zero-order valence-electron chi connectivity index (χ0n) is 8.53. The molecule has 4 atom stereocenters. The van der Waals surface area contributed by atoms with Crippen LogP contribution < -0.4 is 11.1 Å². The van der Waals surface area contributed by atoms with Crippen molar-refractivity contribution in [2.75, 3.05) is 6.61 Å². The molecule has 1 aliphatic carbocycles. The molecule has 4 unspecified atom stereocenters. The van der Waals surface area contributed by atoms with Crippen molar-refractivity contribution in [1.29, 1.82) is 0 Å². The second-order valence-corrected chi connectivity index (χ2v) is 4.21. The second-order valence-electron chi connectivity index (χ2n) is 4.21. The summed E-state index contributed by atoms with van der Waals surface area (Å²) in [5.74, 6) is 0.573. The number of nitrogens with one attached hydrogen (secondary N) is 1. The summed E-state index contributed by atoms with van der Waals surface area (Å²) in [5.41, 5.74) is 5.96. The highest BCUT2D eigenvalue weighted by atomic mass is 16.5. The quantitative estimate of drug-likeness (QED) is 0.672. The van der Waals surface area contributed by atoms with Crippen LogP contribution in [0.1, 0.15) is 26.2 Å². The third-order valence-electron chi connectivity index (χ3n) is 3.25. The molecule has 1 saturated carbocycles. The van der Waals surface area contributed by atoms with Gasteiger partial charge in [-0.25, -0.2) is 0 Å². The summed E-state index contributed by atoms with van der Waals surface area (Å²) >= 11 is 0. The van der Waals surface area contributed by atoms with Gasteiger partial charge in [0, 0.05) is 25.0 Å². The third kappa shape index (κ3) is 1.53. The van der Waals surface area contributed by atoms with E-state index in [1.165, 1.54) is 0 Å². The van der Waals surface area contributed by atoms with Gasteiger partial charge in [0.25, 0.3) is 0 Å². The summed E-state index contributed by atoms with van der Waals surface area (Å²) in [6.45, 7) is 2.79. The number of carbonyl (C=O) groups is 1. The van der Waals surface area contributed by atoms with Crippen LogP contribution in [-0.4, -0.2) is 30.7 Å². The Bertz CT molecular complexity index is 232. The molecule has 80 valence electrons. The number of hydrogen-bond acceptors (Lipinski definition) is 3. The van der Waals surface area contributed by atoms with Crippen molar-refractivity contribution < 1.29 is 9.53 Å². The van der Waals surface area contributed by atoms with Crippen molar-refractivity contribution in [2.45, 2.75) is 44.4 Å². The number of carbonyl (C=O) groups excluding carboxylic acids is 1. The molecule has 0 bridgehead atoms. The van der Waals surface area contributed by atoms with Crippen LogP contribution in [0.4, 0.5) is 0 Å². The molecule has 2 fully saturated rings. The lowest BCUT2D eigenvalue weighted by atomic mass is 9.72. The maximum Gasteiger partial charge on any atom is 0.220 e. The van der Waals surface area contributed by atoms with E-state index in [9.17, 15) is 4.79 Å². The van der Waals surface area contributed by atoms with Crippen LogP contribution in [-0.2, 0) is 9.53 Å². The molecule has 4 heteroatoms. The van der Waals surface area contributed by atoms with Crippen molar-refractivity contribution in [3.63, 3.8) is 0 Å². The highest BCUT2D eigenvalue weighted by Gasteiger charge is 2.52. The Balaban J connectivity index is 1.84. The molecule has 0 aromatic carbocycles. The average Bonchev–Trinajstić information content (AvgIpc) is 2.59. The molecule has 14 heavy (non-hydrogen) atoms. The van der Waals surface area contributed by atoms with Gasteiger partial charge in [-0.2, -0.15) is 0 Å². The summed E-state index contributed by atoms with van der Waals surface area (Å²) in [7, 11) is 0. The fraction of sp³-hybridized carbons (Fsp3) is 0.900. The minimum atomic E-state index is 0.0570. The molecule has 0 radical (unpaired) electrons. The van der Waals surface area contributed by atoms with Crippen LogP contribution >= 0.6 is 0 Å². The van der Waals surface area contributed by atoms with Crippen LogP contribution in [0.25, 0.3) is 0 Å². The van der Waals surface area contributed by atoms with Gasteiger partial charge in [-0.3, -0.25) is 4.79 Å². The van der Waals surface area contributed by atoms with Gasteiger partial charge in [-0.1, -0.05) is 6.92 Å². The maximum absolute atomic E-state index is 11.4. The molecule has 1 aliphatic heterocycles. The Labute approximate surface area is 84.2 Å². The predicted molar refractivity (Wildman–Crippen MR) is 52.7 cm³/mol. The Morgan fingerprint density at radius 3 is 3.14 bits per heavy atom. The summed E-state index contributed by atoms with van der Waals surface area (Å²) in [4.78, 5) is 11.4. The summed E-state index contributed by atoms with van der Waals surface area (Å²) < 4.78 is 5.52. The largest absolute Gasteiger partial charge is 0.376 e. The van der Waals surface area contributed by atoms with Gasteiger partial charge in [-0.15, -0.1) is 0 Å². The maximum atomic E-state index is 11.4. The van der Waals surface area contributed by atoms with Crippen LogP contribution in [0, 0.1) is 5.92 Å². The minimum Gasteiger partial charge on any atom is -0.376 e. The lowest BCUT2D eigenvalue weighted by molar-refractivity contribution is -0.125. The molecule has 0 spiro atoms. The van der Waals surface area contributed by atoms with E-state index in [2.05, 4.69) is 5.32 Å². The highest BCUT2D eigenvalue weighted by molar-refractivity contribution is 5.76. The third-order valence-corrected chi connectivity index (χ3v) is 3.25. The van der Waals surface area contributed by atoms with Gasteiger partial charge in [0.05, 0.1) is 12.1 Å². The predicted octanol–water partition coefficient (Wildman–Crippen LogP) is 0.0173. The second kappa shape index (κ2) is 3.87. The van der Waals surface area contributed by atoms with Crippen molar-refractivity contribution in [3.05, 3.63) is 0 Å². The zero-order chi connectivity index (χ0) is 10.1. The van der Waals surface area contributed by atoms with Crippen molar-refractivity contribution in [3.8, 4) is 0 Å². The molecular formula is C10H18N2O2. The first kappa shape index (κ1) is 9.93. The monoisotopic (exact) mass is 198 g/mol. The standard InChI is InChI=1S/C10H18N2O2/c1-2-3-7(13)12-9-8(11)6-4-5-14-10(6)9/h6,8-10H,2-5,11H2,1H3,(H,12,13). The summed E-state index contributed by atoms with van der Waals surface area (Å²) in [5, 5.41) is 2.95. The van der Waals surface area contributed by atoms with Gasteiger partial charge in [0.1, 0.15) is 0 Å². The molecule has 0 aromatic heterocycles. The van der Waals surface area contributed by atoms with E-state index in [4.69, 9.17) is 10.5 Å². The van der Waals surface area contributed by atoms with E-state index in [-0.39, 0.29) is 24.1 Å². The number of nitrogens with two attached hydrogens (primary N) is 1. The first-order valence-corrected chi connectivity index (χ1v) is 5.40. The molecule has 4 nitrogen and oxygen atoms in total. The summed E-state index contributed by atoms with van der Waals surface area (Å²) in [6, 6.07) is 0.157. The Morgan fingerprint density at radius 2 is 2.43 bits per heavy atom. The number of ether oxygens (including phenoxy) is 1. The first-order chi connectivity index (χ1) is 6.74. The van der Waals surface area contributed by atoms with E-state index in [0.717, 1.165) is 19.4 Å². The number of hydrogen-bond donors (Lipinski definition) is 2. The lowest BCUT2D eigenvalue weighted by Gasteiger charge is -2.45. The van der Waals surface area contributed by atoms with Gasteiger partial charge in [0.2, 0.25) is 5.91 Å². The highest BCUT2D eigenvalue weighted by Crippen LogP contribution is 2.37. The normalized spacial score (nSPS) is 40.1. The Morgan fingerprint density at radius 1 is 1.64 bits per heavy atom. The van der Waals surface area contributed by atoms with Gasteiger partial charge >= 0.3 is 0 Å². The zero-order valence-corrected chi connectivity index (χ0v) is 8.53. The SMILES string of the molecule is CCCC(=O)NC1C(N)C2CCOC21. The van der Waals surface area contributed by atoms with Gasteiger partial charge < -0.3 is 15.8 Å². The number of fused-ring (bicyclic) bond motifs is 1. The minimum absolute atomic E-state index is 0.0570. The van der Waals surface area contributed by atoms with Crippen LogP contribution in [0.15, 0.2) is 0 Å². The lowest BCUT2D eigenvalue weighted by Crippen LogP contribution is -2.68. The van der Waals surface area contributed by atoms with Crippen molar-refractivity contribution in [2.24, 2.45) is 11.7 Å². The molecule has 2 aliphatic rings. The molecule has 2 rings (SSSR count). The molecule has 1 saturated heterocycles. The fourth-order valence-electron chi connectivity index (χ4n) is 2.41. The Hall–Kier alpha value is -0.610. The van der Waals surface area contributed by atoms with Crippen LogP contribution in [0.5, 0.6) is 0 Å². The molecule has 1 heterocycles. The van der Waals surface area contributed by atoms with E-state index in [0.29, 0.717) is 12.3 Å². The van der Waals surface area contributed by atoms with Crippen LogP contribution in [0.2, 0.25) is 0 Å². The molecule has 0 aromatic rings. The molecule has 3 N–H and O–H groups in total. The summed E-state index contributed by atoms with van der Waals surface area (Å²) in [6.07, 6.45) is 2.70. The van der Waals surface area contributed by atoms with Gasteiger partial charge in [-0.05, 0) is 12.8 Å². The van der Waals surface area contributed by atoms with E-state index in [1.807, 2.05) is 6.92 Å². The number of rotatable bonds is 3. The van der Waals surface area contributed by atoms with E-state index < -0.39 is 0 Å². The fourth-order valence-corrected chi connectivity index (χ4v) is 2.41. The van der Waals surface area contributed by atoms with Crippen molar-refractivity contribution in [1.82, 2.24) is 5.32 Å². The van der Waals surface area contributed by atoms with Crippen LogP contribution in [0.3, 0.4) is 0 Å². The average molecular weight is 198 g/mol. The smallest absolute Gasteiger partial charge is 0.220 e. The molecule has 1 amide bonds. The van der Waals surface area contributed by atoms with Gasteiger partial charge in [0.15, 0.2) is 0 Å². The van der Waals surface area contributed by atoms with E-state index >= 15 is 0 Å². The first-order valence-electron chi connectivity index (χ1n) is 5.40. The van der Waals surface area contributed by atoms with E-state index in [1.54, 1.807) is 0 Å². The van der Waals surface area contributed by atoms with Crippen molar-refractivity contribution >= 4 is 5.91 Å². The molecular weight excluding hydrogens is 180 g/mol. The Kier molecular flexibility index (Phi) is 2.74. The number of amides is 1. The topological polar surface area (TPSA) is 64.4 Å².